The fourth-order valence-corrected chi connectivity index (χ4v) is 10.8. The van der Waals surface area contributed by atoms with E-state index in [1.165, 1.54) is 0 Å². The fourth-order valence-electron chi connectivity index (χ4n) is 7.50. The van der Waals surface area contributed by atoms with E-state index >= 15 is 0 Å². The van der Waals surface area contributed by atoms with E-state index in [1.54, 1.807) is 7.11 Å². The van der Waals surface area contributed by atoms with E-state index in [9.17, 15) is 0 Å². The van der Waals surface area contributed by atoms with Crippen molar-refractivity contribution >= 4 is 65.4 Å². The highest BCUT2D eigenvalue weighted by atomic mass is 28.4. The molecule has 0 amide bonds. The summed E-state index contributed by atoms with van der Waals surface area (Å²) in [5.74, 6) is 3.60. The van der Waals surface area contributed by atoms with Crippen molar-refractivity contribution in [2.45, 2.75) is 32.8 Å². The number of hydrogen-bond donors (Lipinski definition) is 0. The Labute approximate surface area is 282 Å². The zero-order valence-corrected chi connectivity index (χ0v) is 28.1. The van der Waals surface area contributed by atoms with Gasteiger partial charge >= 0.3 is 8.88 Å². The van der Waals surface area contributed by atoms with Crippen molar-refractivity contribution in [3.63, 3.8) is 0 Å². The maximum absolute atomic E-state index is 7.41. The lowest BCUT2D eigenvalue weighted by atomic mass is 10.1. The number of benzene rings is 4. The first-order valence-electron chi connectivity index (χ1n) is 16.6. The van der Waals surface area contributed by atoms with Gasteiger partial charge in [-0.1, -0.05) is 110 Å². The Balaban J connectivity index is 1.52. The largest absolute Gasteiger partial charge is 0.603 e. The zero-order valence-electron chi connectivity index (χ0n) is 27.1. The molecule has 0 aliphatic carbocycles. The zero-order chi connectivity index (χ0) is 32.9. The molecule has 2 atom stereocenters. The van der Waals surface area contributed by atoms with Crippen molar-refractivity contribution in [1.29, 1.82) is 0 Å². The van der Waals surface area contributed by atoms with Crippen LogP contribution in [0.25, 0.3) is 21.5 Å². The highest BCUT2D eigenvalue weighted by Crippen LogP contribution is 2.43. The molecule has 2 aromatic heterocycles. The highest BCUT2D eigenvalue weighted by molar-refractivity contribution is 6.66. The van der Waals surface area contributed by atoms with Gasteiger partial charge in [-0.2, -0.15) is 0 Å². The molecule has 10 rings (SSSR count). The van der Waals surface area contributed by atoms with Crippen molar-refractivity contribution < 1.29 is 8.85 Å². The molecular formula is C38H30N8O2Si. The molecule has 4 aliphatic rings. The number of aromatic nitrogens is 2. The Morgan fingerprint density at radius 1 is 0.551 bits per heavy atom. The molecule has 6 aromatic rings. The summed E-state index contributed by atoms with van der Waals surface area (Å²) in [5, 5.41) is 3.61. The number of aliphatic imine (C=N–C) groups is 4. The minimum Gasteiger partial charge on any atom is -0.364 e. The number of amidine groups is 4. The van der Waals surface area contributed by atoms with Gasteiger partial charge in [-0.15, -0.1) is 0 Å². The van der Waals surface area contributed by atoms with Gasteiger partial charge in [-0.25, -0.2) is 30.0 Å². The van der Waals surface area contributed by atoms with Crippen LogP contribution in [0.1, 0.15) is 48.9 Å². The van der Waals surface area contributed by atoms with E-state index < -0.39 is 8.88 Å². The Kier molecular flexibility index (Phi) is 6.05. The Morgan fingerprint density at radius 2 is 0.959 bits per heavy atom. The molecule has 0 radical (unpaired) electrons. The summed E-state index contributed by atoms with van der Waals surface area (Å²) < 4.78 is 18.5. The van der Waals surface area contributed by atoms with Gasteiger partial charge in [0.15, 0.2) is 23.3 Å². The molecule has 0 saturated heterocycles. The normalized spacial score (nSPS) is 18.8. The van der Waals surface area contributed by atoms with Gasteiger partial charge < -0.3 is 8.85 Å². The predicted octanol–water partition coefficient (Wildman–Crippen LogP) is 6.22. The van der Waals surface area contributed by atoms with E-state index in [1.807, 2.05) is 72.8 Å². The van der Waals surface area contributed by atoms with E-state index in [0.717, 1.165) is 56.6 Å². The van der Waals surface area contributed by atoms with Gasteiger partial charge in [0.1, 0.15) is 22.6 Å². The average Bonchev–Trinajstić information content (AvgIpc) is 3.84. The smallest absolute Gasteiger partial charge is 0.364 e. The molecule has 2 unspecified atom stereocenters. The van der Waals surface area contributed by atoms with Gasteiger partial charge in [0.2, 0.25) is 0 Å². The topological polar surface area (TPSA) is 102 Å². The minimum absolute atomic E-state index is 0.183. The highest BCUT2D eigenvalue weighted by Gasteiger charge is 2.53. The molecule has 0 saturated carbocycles. The first kappa shape index (κ1) is 28.4. The van der Waals surface area contributed by atoms with E-state index in [0.29, 0.717) is 46.0 Å². The van der Waals surface area contributed by atoms with Crippen LogP contribution in [-0.2, 0) is 8.85 Å². The molecule has 10 nitrogen and oxygen atoms in total. The second kappa shape index (κ2) is 10.4. The van der Waals surface area contributed by atoms with Crippen molar-refractivity contribution in [3.8, 4) is 0 Å². The van der Waals surface area contributed by atoms with E-state index in [4.69, 9.17) is 38.8 Å². The lowest BCUT2D eigenvalue weighted by Crippen LogP contribution is -2.64. The lowest BCUT2D eigenvalue weighted by Gasteiger charge is -2.34. The third-order valence-electron chi connectivity index (χ3n) is 9.63. The van der Waals surface area contributed by atoms with Crippen LogP contribution in [0, 0.1) is 0 Å². The van der Waals surface area contributed by atoms with E-state index in [-0.39, 0.29) is 6.10 Å². The van der Waals surface area contributed by atoms with Crippen LogP contribution in [0.3, 0.4) is 0 Å². The van der Waals surface area contributed by atoms with Crippen LogP contribution < -0.4 is 11.0 Å². The van der Waals surface area contributed by atoms with Crippen LogP contribution in [0.15, 0.2) is 127 Å². The number of nitrogens with zero attached hydrogens (tertiary/aromatic N) is 8. The second-order valence-corrected chi connectivity index (χ2v) is 15.2. The molecule has 6 bridgehead atoms. The minimum atomic E-state index is -3.96. The van der Waals surface area contributed by atoms with Crippen LogP contribution in [-0.4, -0.2) is 53.9 Å². The van der Waals surface area contributed by atoms with Gasteiger partial charge in [0.25, 0.3) is 0 Å². The summed E-state index contributed by atoms with van der Waals surface area (Å²) in [4.78, 5) is 31.8. The third kappa shape index (κ3) is 3.88. The summed E-state index contributed by atoms with van der Waals surface area (Å²) in [5.41, 5.74) is 4.94. The van der Waals surface area contributed by atoms with E-state index in [2.05, 4.69) is 46.6 Å². The van der Waals surface area contributed by atoms with Gasteiger partial charge in [-0.05, 0) is 13.3 Å². The van der Waals surface area contributed by atoms with Gasteiger partial charge in [0.05, 0.1) is 0 Å². The first-order chi connectivity index (χ1) is 24.1. The molecule has 238 valence electrons. The monoisotopic (exact) mass is 658 g/mol. The fraction of sp³-hybridized carbons (Fsp3) is 0.158. The molecule has 4 aromatic carbocycles. The van der Waals surface area contributed by atoms with Crippen LogP contribution >= 0.6 is 0 Å². The Hall–Kier alpha value is -5.62. The molecular weight excluding hydrogens is 629 g/mol. The second-order valence-electron chi connectivity index (χ2n) is 12.6. The molecule has 4 aliphatic heterocycles. The van der Waals surface area contributed by atoms with Crippen LogP contribution in [0.5, 0.6) is 0 Å². The molecule has 0 spiro atoms. The molecule has 49 heavy (non-hydrogen) atoms. The van der Waals surface area contributed by atoms with Crippen LogP contribution in [0.2, 0.25) is 0 Å². The van der Waals surface area contributed by atoms with Gasteiger partial charge in [-0.3, -0.25) is 8.47 Å². The summed E-state index contributed by atoms with van der Waals surface area (Å²) in [6.45, 7) is 4.27. The molecule has 11 heteroatoms. The number of hydrogen-bond acceptors (Lipinski definition) is 8. The summed E-state index contributed by atoms with van der Waals surface area (Å²) in [6, 6.07) is 32.7. The maximum atomic E-state index is 7.41. The molecule has 0 fully saturated rings. The summed E-state index contributed by atoms with van der Waals surface area (Å²) in [6.07, 6.45) is 1.58. The molecule has 6 heterocycles. The summed E-state index contributed by atoms with van der Waals surface area (Å²) >= 11 is 0. The quantitative estimate of drug-likeness (QED) is 0.205. The first-order valence-corrected chi connectivity index (χ1v) is 18.3. The predicted molar refractivity (Wildman–Crippen MR) is 194 cm³/mol. The standard InChI is InChI=1S/C38H30N8O2Si/c1-4-13-22(2)48-49(47-3)45-35-27-18-9-10-19-28(27)37(45)43-33-25-16-7-8-17-26(25)34(40-33)44-38-30-21-12-11-20-29(30)36(46(38)49)42-32-24-15-6-5-14-23(24)31(39-32)41-35/h5-12,14-22H,4,13H2,1-3H3. The van der Waals surface area contributed by atoms with Crippen molar-refractivity contribution in [2.24, 2.45) is 30.0 Å². The SMILES string of the molecule is CCCC(C)O[Si]1(OC)n2c3c4ccccc4c2N=C2N=C(N=c4c5ccccc5c(n41)=NC1=NC(=N3)c3ccccc31)c1ccccc12. The summed E-state index contributed by atoms with van der Waals surface area (Å²) in [7, 11) is -2.24. The Morgan fingerprint density at radius 3 is 1.39 bits per heavy atom. The van der Waals surface area contributed by atoms with Crippen LogP contribution in [0.4, 0.5) is 11.6 Å². The van der Waals surface area contributed by atoms with Crippen molar-refractivity contribution in [3.05, 3.63) is 130 Å². The van der Waals surface area contributed by atoms with Gasteiger partial charge in [0, 0.05) is 57.0 Å². The lowest BCUT2D eigenvalue weighted by molar-refractivity contribution is 0.117. The number of rotatable bonds is 5. The average molecular weight is 659 g/mol. The molecule has 0 N–H and O–H groups in total. The number of fused-ring (bicyclic) bond motifs is 14. The van der Waals surface area contributed by atoms with Crippen molar-refractivity contribution in [2.75, 3.05) is 7.11 Å². The maximum Gasteiger partial charge on any atom is 0.603 e. The third-order valence-corrected chi connectivity index (χ3v) is 12.9. The van der Waals surface area contributed by atoms with Crippen molar-refractivity contribution in [1.82, 2.24) is 8.47 Å². The Bertz CT molecular complexity index is 2520.